The van der Waals surface area contributed by atoms with E-state index in [1.54, 1.807) is 31.5 Å². The molecule has 0 saturated carbocycles. The predicted molar refractivity (Wildman–Crippen MR) is 163 cm³/mol. The topological polar surface area (TPSA) is 110 Å². The molecule has 43 heavy (non-hydrogen) atoms. The van der Waals surface area contributed by atoms with Crippen LogP contribution in [0.15, 0.2) is 73.1 Å². The van der Waals surface area contributed by atoms with Gasteiger partial charge in [0, 0.05) is 56.8 Å². The maximum absolute atomic E-state index is 15.3. The van der Waals surface area contributed by atoms with Crippen LogP contribution in [0.2, 0.25) is 0 Å². The van der Waals surface area contributed by atoms with Gasteiger partial charge in [0.25, 0.3) is 0 Å². The number of halogens is 2. The average Bonchev–Trinajstić information content (AvgIpc) is 3.52. The van der Waals surface area contributed by atoms with Gasteiger partial charge < -0.3 is 9.55 Å². The van der Waals surface area contributed by atoms with Crippen molar-refractivity contribution in [2.45, 2.75) is 27.2 Å². The van der Waals surface area contributed by atoms with Crippen molar-refractivity contribution in [1.29, 1.82) is 0 Å². The van der Waals surface area contributed by atoms with Crippen molar-refractivity contribution in [3.63, 3.8) is 0 Å². The highest BCUT2D eigenvalue weighted by Gasteiger charge is 2.24. The van der Waals surface area contributed by atoms with Gasteiger partial charge in [0.15, 0.2) is 11.6 Å². The third-order valence-corrected chi connectivity index (χ3v) is 8.83. The van der Waals surface area contributed by atoms with Gasteiger partial charge in [-0.3, -0.25) is 9.52 Å². The summed E-state index contributed by atoms with van der Waals surface area (Å²) in [6.07, 6.45) is 3.80. The van der Waals surface area contributed by atoms with Gasteiger partial charge in [0.1, 0.15) is 17.3 Å². The van der Waals surface area contributed by atoms with Crippen molar-refractivity contribution in [2.24, 2.45) is 0 Å². The minimum absolute atomic E-state index is 0.0358. The lowest BCUT2D eigenvalue weighted by Crippen LogP contribution is -2.18. The Hall–Kier alpha value is -4.90. The Bertz CT molecular complexity index is 2130. The number of rotatable bonds is 8. The largest absolute Gasteiger partial charge is 0.339 e. The van der Waals surface area contributed by atoms with Gasteiger partial charge in [-0.05, 0) is 80.9 Å². The van der Waals surface area contributed by atoms with E-state index in [1.165, 1.54) is 6.07 Å². The molecule has 0 radical (unpaired) electrons. The zero-order valence-corrected chi connectivity index (χ0v) is 24.4. The van der Waals surface area contributed by atoms with Crippen LogP contribution >= 0.6 is 0 Å². The van der Waals surface area contributed by atoms with Crippen LogP contribution in [0.25, 0.3) is 38.9 Å². The molecule has 4 aromatic heterocycles. The molecule has 0 aliphatic rings. The maximum Gasteiger partial charge on any atom is 0.232 e. The number of benzene rings is 2. The Morgan fingerprint density at radius 2 is 1.65 bits per heavy atom. The first kappa shape index (κ1) is 28.2. The third kappa shape index (κ3) is 5.16. The summed E-state index contributed by atoms with van der Waals surface area (Å²) < 4.78 is 58.7. The quantitative estimate of drug-likeness (QED) is 0.186. The maximum atomic E-state index is 15.3. The average molecular weight is 600 g/mol. The van der Waals surface area contributed by atoms with Crippen molar-refractivity contribution in [3.8, 4) is 16.9 Å². The smallest absolute Gasteiger partial charge is 0.232 e. The second-order valence-corrected chi connectivity index (χ2v) is 12.2. The zero-order valence-electron chi connectivity index (χ0n) is 23.6. The molecular weight excluding hydrogens is 572 g/mol. The molecule has 2 N–H and O–H groups in total. The monoisotopic (exact) mass is 599 g/mol. The molecule has 0 aliphatic carbocycles. The van der Waals surface area contributed by atoms with E-state index in [-0.39, 0.29) is 11.3 Å². The van der Waals surface area contributed by atoms with Gasteiger partial charge >= 0.3 is 0 Å². The van der Waals surface area contributed by atoms with Crippen molar-refractivity contribution >= 4 is 43.4 Å². The number of pyridine rings is 2. The number of ketones is 1. The molecule has 0 atom stereocenters. The lowest BCUT2D eigenvalue weighted by molar-refractivity contribution is 0.103. The van der Waals surface area contributed by atoms with E-state index in [0.29, 0.717) is 28.4 Å². The van der Waals surface area contributed by atoms with E-state index in [2.05, 4.69) is 24.2 Å². The fourth-order valence-corrected chi connectivity index (χ4v) is 6.39. The summed E-state index contributed by atoms with van der Waals surface area (Å²) >= 11 is 0. The molecule has 11 heteroatoms. The number of aryl methyl sites for hydroxylation is 2. The molecule has 4 heterocycles. The second-order valence-electron chi connectivity index (χ2n) is 10.4. The summed E-state index contributed by atoms with van der Waals surface area (Å²) in [5.41, 5.74) is 3.78. The Kier molecular flexibility index (Phi) is 7.05. The zero-order chi connectivity index (χ0) is 30.5. The number of nitrogens with zero attached hydrogens (tertiary/aromatic N) is 3. The molecule has 0 aliphatic heterocycles. The molecule has 0 spiro atoms. The van der Waals surface area contributed by atoms with Crippen molar-refractivity contribution in [3.05, 3.63) is 107 Å². The molecule has 0 bridgehead atoms. The fraction of sp³-hybridized carbons (Fsp3) is 0.156. The number of nitrogens with one attached hydrogen (secondary N) is 2. The highest BCUT2D eigenvalue weighted by molar-refractivity contribution is 7.92. The van der Waals surface area contributed by atoms with Crippen molar-refractivity contribution in [1.82, 2.24) is 19.5 Å². The molecular formula is C32H27F2N5O3S. The predicted octanol–water partition coefficient (Wildman–Crippen LogP) is 6.85. The first-order valence-corrected chi connectivity index (χ1v) is 15.3. The number of sulfonamides is 1. The van der Waals surface area contributed by atoms with Gasteiger partial charge in [-0.2, -0.15) is 0 Å². The molecule has 0 saturated heterocycles. The number of fused-ring (bicyclic) bond motifs is 3. The number of hydrogen-bond donors (Lipinski definition) is 2. The lowest BCUT2D eigenvalue weighted by atomic mass is 9.99. The van der Waals surface area contributed by atoms with E-state index < -0.39 is 38.7 Å². The third-order valence-electron chi connectivity index (χ3n) is 7.35. The minimum atomic E-state index is -3.86. The van der Waals surface area contributed by atoms with Crippen LogP contribution in [0.5, 0.6) is 0 Å². The van der Waals surface area contributed by atoms with Gasteiger partial charge in [0.05, 0.1) is 17.0 Å². The number of carbonyl (C=O) groups excluding carboxylic acids is 1. The first-order valence-electron chi connectivity index (χ1n) is 13.6. The van der Waals surface area contributed by atoms with E-state index in [9.17, 15) is 17.6 Å². The Labute approximate surface area is 246 Å². The van der Waals surface area contributed by atoms with E-state index in [0.717, 1.165) is 40.5 Å². The fourth-order valence-electron chi connectivity index (χ4n) is 5.26. The summed E-state index contributed by atoms with van der Waals surface area (Å²) in [5.74, 6) is -2.72. The van der Waals surface area contributed by atoms with Crippen LogP contribution in [0.3, 0.4) is 0 Å². The first-order chi connectivity index (χ1) is 20.6. The Morgan fingerprint density at radius 3 is 2.35 bits per heavy atom. The van der Waals surface area contributed by atoms with E-state index >= 15 is 4.39 Å². The lowest BCUT2D eigenvalue weighted by Gasteiger charge is -2.11. The Balaban J connectivity index is 1.37. The van der Waals surface area contributed by atoms with Gasteiger partial charge in [-0.1, -0.05) is 6.92 Å². The van der Waals surface area contributed by atoms with Crippen molar-refractivity contribution < 1.29 is 22.0 Å². The van der Waals surface area contributed by atoms with Crippen molar-refractivity contribution in [2.75, 3.05) is 10.5 Å². The van der Waals surface area contributed by atoms with E-state index in [1.807, 2.05) is 44.2 Å². The number of H-pyrrole nitrogens is 1. The SMILES string of the molecule is CCCS(=O)(=O)Nc1ccc(F)c(C(=O)c2ccc3[nH]c4ncc(-c5ccc(-n6c(C)ccc6C)nc5)cc4c3c2)c1F. The van der Waals surface area contributed by atoms with E-state index in [4.69, 9.17) is 0 Å². The molecule has 0 fully saturated rings. The van der Waals surface area contributed by atoms with Gasteiger partial charge in [-0.25, -0.2) is 27.2 Å². The number of hydrogen-bond acceptors (Lipinski definition) is 5. The minimum Gasteiger partial charge on any atom is -0.339 e. The molecule has 2 aromatic carbocycles. The van der Waals surface area contributed by atoms with Gasteiger partial charge in [-0.15, -0.1) is 0 Å². The standard InChI is InChI=1S/C32H27F2N5O3S/c1-4-13-43(41,42)38-27-11-9-25(33)29(30(27)34)31(40)20-7-10-26-23(14-20)24-15-22(17-36-32(24)37-26)21-8-12-28(35-16-21)39-18(2)5-6-19(39)3/h5-12,14-17,38H,4,13H2,1-3H3,(H,36,37). The highest BCUT2D eigenvalue weighted by Crippen LogP contribution is 2.31. The van der Waals surface area contributed by atoms with Gasteiger partial charge in [0.2, 0.25) is 10.0 Å². The van der Waals surface area contributed by atoms with Crippen LogP contribution in [0.4, 0.5) is 14.5 Å². The summed E-state index contributed by atoms with van der Waals surface area (Å²) in [7, 11) is -3.86. The highest BCUT2D eigenvalue weighted by atomic mass is 32.2. The van der Waals surface area contributed by atoms with Crippen LogP contribution in [-0.4, -0.2) is 39.5 Å². The summed E-state index contributed by atoms with van der Waals surface area (Å²) in [6.45, 7) is 5.70. The molecule has 0 unspecified atom stereocenters. The number of aromatic amines is 1. The van der Waals surface area contributed by atoms with Crippen LogP contribution < -0.4 is 4.72 Å². The molecule has 6 aromatic rings. The number of carbonyl (C=O) groups is 1. The van der Waals surface area contributed by atoms with Crippen LogP contribution in [0, 0.1) is 25.5 Å². The molecule has 8 nitrogen and oxygen atoms in total. The Morgan fingerprint density at radius 1 is 0.907 bits per heavy atom. The number of aromatic nitrogens is 4. The molecule has 218 valence electrons. The van der Waals surface area contributed by atoms with Crippen LogP contribution in [-0.2, 0) is 10.0 Å². The van der Waals surface area contributed by atoms with Crippen LogP contribution in [0.1, 0.15) is 40.7 Å². The summed E-state index contributed by atoms with van der Waals surface area (Å²) in [5, 5.41) is 1.35. The summed E-state index contributed by atoms with van der Waals surface area (Å²) in [6, 6.07) is 16.4. The second kappa shape index (κ2) is 10.7. The molecule has 0 amide bonds. The summed E-state index contributed by atoms with van der Waals surface area (Å²) in [4.78, 5) is 25.8. The molecule has 6 rings (SSSR count). The normalized spacial score (nSPS) is 11.8. The number of anilines is 1.